The number of carbonyl (C=O) groups is 1. The van der Waals surface area contributed by atoms with Crippen LogP contribution < -0.4 is 4.74 Å². The van der Waals surface area contributed by atoms with Gasteiger partial charge >= 0.3 is 6.18 Å². The van der Waals surface area contributed by atoms with Crippen LogP contribution in [0.3, 0.4) is 0 Å². The van der Waals surface area contributed by atoms with E-state index in [1.165, 1.54) is 12.1 Å². The van der Waals surface area contributed by atoms with Crippen molar-refractivity contribution in [3.05, 3.63) is 42.2 Å². The number of aliphatic hydroxyl groups excluding tert-OH is 1. The van der Waals surface area contributed by atoms with Gasteiger partial charge in [-0.05, 0) is 30.9 Å². The normalized spacial score (nSPS) is 16.8. The van der Waals surface area contributed by atoms with Gasteiger partial charge in [0.2, 0.25) is 0 Å². The summed E-state index contributed by atoms with van der Waals surface area (Å²) in [6.45, 7) is -0.494. The molecule has 1 atom stereocenters. The number of hydrogen-bond donors (Lipinski definition) is 1. The second kappa shape index (κ2) is 8.17. The number of aliphatic hydroxyl groups is 1. The fraction of sp³-hybridized carbons (Fsp3) is 0.500. The van der Waals surface area contributed by atoms with Crippen molar-refractivity contribution in [3.8, 4) is 5.75 Å². The molecule has 28 heavy (non-hydrogen) atoms. The van der Waals surface area contributed by atoms with E-state index in [2.05, 4.69) is 14.7 Å². The van der Waals surface area contributed by atoms with E-state index in [0.717, 1.165) is 6.20 Å². The molecule has 7 nitrogen and oxygen atoms in total. The van der Waals surface area contributed by atoms with Crippen molar-refractivity contribution in [2.24, 2.45) is 13.0 Å². The fourth-order valence-electron chi connectivity index (χ4n) is 3.21. The first-order chi connectivity index (χ1) is 13.2. The van der Waals surface area contributed by atoms with Crippen LogP contribution >= 0.6 is 0 Å². The molecule has 2 aromatic heterocycles. The highest BCUT2D eigenvalue weighted by atomic mass is 19.4. The number of piperidine rings is 1. The lowest BCUT2D eigenvalue weighted by Crippen LogP contribution is -2.40. The summed E-state index contributed by atoms with van der Waals surface area (Å²) in [5.74, 6) is 0.246. The van der Waals surface area contributed by atoms with E-state index in [-0.39, 0.29) is 23.3 Å². The van der Waals surface area contributed by atoms with Crippen LogP contribution in [0.5, 0.6) is 5.75 Å². The molecule has 1 unspecified atom stereocenters. The van der Waals surface area contributed by atoms with Crippen molar-refractivity contribution in [2.45, 2.75) is 25.1 Å². The zero-order valence-corrected chi connectivity index (χ0v) is 15.3. The lowest BCUT2D eigenvalue weighted by atomic mass is 9.90. The Morgan fingerprint density at radius 3 is 2.57 bits per heavy atom. The lowest BCUT2D eigenvalue weighted by molar-refractivity contribution is -0.153. The molecular weight excluding hydrogens is 377 g/mol. The Balaban J connectivity index is 1.54. The highest BCUT2D eigenvalue weighted by molar-refractivity contribution is 5.92. The number of aryl methyl sites for hydroxylation is 1. The first-order valence-electron chi connectivity index (χ1n) is 8.85. The molecule has 1 fully saturated rings. The number of pyridine rings is 1. The monoisotopic (exact) mass is 398 g/mol. The van der Waals surface area contributed by atoms with Crippen LogP contribution in [0.15, 0.2) is 30.7 Å². The van der Waals surface area contributed by atoms with Crippen molar-refractivity contribution < 1.29 is 27.8 Å². The maximum absolute atomic E-state index is 12.6. The minimum atomic E-state index is -4.43. The van der Waals surface area contributed by atoms with Crippen LogP contribution in [0, 0.1) is 5.92 Å². The van der Waals surface area contributed by atoms with Crippen LogP contribution in [0.1, 0.15) is 35.3 Å². The molecule has 0 aromatic carbocycles. The second-order valence-corrected chi connectivity index (χ2v) is 6.75. The quantitative estimate of drug-likeness (QED) is 0.836. The SMILES string of the molecule is Cn1ccnc1C(O)C1CCN(C(=O)c2ccc(OCC(F)(F)F)cn2)CC1. The molecule has 2 aromatic rings. The zero-order valence-electron chi connectivity index (χ0n) is 15.3. The maximum atomic E-state index is 12.6. The van der Waals surface area contributed by atoms with Crippen LogP contribution in [0.2, 0.25) is 0 Å². The summed E-state index contributed by atoms with van der Waals surface area (Å²) in [5, 5.41) is 10.5. The van der Waals surface area contributed by atoms with Gasteiger partial charge in [0.25, 0.3) is 5.91 Å². The van der Waals surface area contributed by atoms with E-state index in [0.29, 0.717) is 31.8 Å². The van der Waals surface area contributed by atoms with Gasteiger partial charge < -0.3 is 19.3 Å². The van der Waals surface area contributed by atoms with Gasteiger partial charge in [-0.25, -0.2) is 9.97 Å². The van der Waals surface area contributed by atoms with Crippen LogP contribution in [-0.4, -0.2) is 56.3 Å². The fourth-order valence-corrected chi connectivity index (χ4v) is 3.21. The van der Waals surface area contributed by atoms with Crippen molar-refractivity contribution >= 4 is 5.91 Å². The number of ether oxygens (including phenoxy) is 1. The maximum Gasteiger partial charge on any atom is 0.422 e. The molecule has 1 aliphatic heterocycles. The Bertz CT molecular complexity index is 799. The number of alkyl halides is 3. The Labute approximate surface area is 159 Å². The van der Waals surface area contributed by atoms with Gasteiger partial charge in [0.1, 0.15) is 23.4 Å². The van der Waals surface area contributed by atoms with Gasteiger partial charge in [-0.1, -0.05) is 0 Å². The topological polar surface area (TPSA) is 80.5 Å². The Hall–Kier alpha value is -2.62. The van der Waals surface area contributed by atoms with Crippen LogP contribution in [-0.2, 0) is 7.05 Å². The number of amides is 1. The third-order valence-corrected chi connectivity index (χ3v) is 4.75. The highest BCUT2D eigenvalue weighted by Crippen LogP contribution is 2.30. The predicted octanol–water partition coefficient (Wildman–Crippen LogP) is 2.34. The predicted molar refractivity (Wildman–Crippen MR) is 92.6 cm³/mol. The first-order valence-corrected chi connectivity index (χ1v) is 8.85. The van der Waals surface area contributed by atoms with E-state index in [1.807, 2.05) is 7.05 Å². The van der Waals surface area contributed by atoms with Gasteiger partial charge in [0.15, 0.2) is 6.61 Å². The Kier molecular flexibility index (Phi) is 5.87. The van der Waals surface area contributed by atoms with E-state index in [9.17, 15) is 23.1 Å². The van der Waals surface area contributed by atoms with Gasteiger partial charge in [-0.15, -0.1) is 0 Å². The van der Waals surface area contributed by atoms with Crippen molar-refractivity contribution in [1.82, 2.24) is 19.4 Å². The lowest BCUT2D eigenvalue weighted by Gasteiger charge is -2.33. The standard InChI is InChI=1S/C18H21F3N4O3/c1-24-9-6-22-16(24)15(26)12-4-7-25(8-5-12)17(27)14-3-2-13(10-23-14)28-11-18(19,20)21/h2-3,6,9-10,12,15,26H,4-5,7-8,11H2,1H3. The van der Waals surface area contributed by atoms with Gasteiger partial charge in [-0.3, -0.25) is 4.79 Å². The molecule has 0 aliphatic carbocycles. The molecule has 0 bridgehead atoms. The number of aromatic nitrogens is 3. The second-order valence-electron chi connectivity index (χ2n) is 6.75. The van der Waals surface area contributed by atoms with E-state index >= 15 is 0 Å². The molecular formula is C18H21F3N4O3. The molecule has 0 radical (unpaired) electrons. The molecule has 1 N–H and O–H groups in total. The summed E-state index contributed by atoms with van der Waals surface area (Å²) in [4.78, 5) is 22.3. The first kappa shape index (κ1) is 20.1. The molecule has 3 heterocycles. The van der Waals surface area contributed by atoms with Crippen molar-refractivity contribution in [3.63, 3.8) is 0 Å². The Morgan fingerprint density at radius 1 is 1.32 bits per heavy atom. The summed E-state index contributed by atoms with van der Waals surface area (Å²) in [5.41, 5.74) is 0.141. The Morgan fingerprint density at radius 2 is 2.04 bits per heavy atom. The molecule has 10 heteroatoms. The average Bonchev–Trinajstić information content (AvgIpc) is 3.11. The summed E-state index contributed by atoms with van der Waals surface area (Å²) in [6.07, 6.45) is 0.615. The van der Waals surface area contributed by atoms with Gasteiger partial charge in [-0.2, -0.15) is 13.2 Å². The minimum absolute atomic E-state index is 0.00347. The number of hydrogen-bond acceptors (Lipinski definition) is 5. The van der Waals surface area contributed by atoms with E-state index in [1.54, 1.807) is 21.9 Å². The number of likely N-dealkylation sites (tertiary alicyclic amines) is 1. The van der Waals surface area contributed by atoms with Gasteiger partial charge in [0.05, 0.1) is 6.20 Å². The molecule has 1 amide bonds. The number of halogens is 3. The average molecular weight is 398 g/mol. The molecule has 1 aliphatic rings. The summed E-state index contributed by atoms with van der Waals surface area (Å²) < 4.78 is 42.8. The molecule has 0 saturated carbocycles. The zero-order chi connectivity index (χ0) is 20.3. The molecule has 1 saturated heterocycles. The van der Waals surface area contributed by atoms with E-state index < -0.39 is 18.9 Å². The largest absolute Gasteiger partial charge is 0.483 e. The molecule has 152 valence electrons. The number of carbonyl (C=O) groups excluding carboxylic acids is 1. The third-order valence-electron chi connectivity index (χ3n) is 4.75. The van der Waals surface area contributed by atoms with Crippen LogP contribution in [0.25, 0.3) is 0 Å². The third kappa shape index (κ3) is 4.80. The smallest absolute Gasteiger partial charge is 0.422 e. The molecule has 0 spiro atoms. The summed E-state index contributed by atoms with van der Waals surface area (Å²) in [7, 11) is 1.82. The summed E-state index contributed by atoms with van der Waals surface area (Å²) in [6, 6.07) is 2.65. The summed E-state index contributed by atoms with van der Waals surface area (Å²) >= 11 is 0. The number of rotatable bonds is 5. The van der Waals surface area contributed by atoms with E-state index in [4.69, 9.17) is 0 Å². The van der Waals surface area contributed by atoms with Crippen LogP contribution in [0.4, 0.5) is 13.2 Å². The van der Waals surface area contributed by atoms with Gasteiger partial charge in [0, 0.05) is 32.5 Å². The molecule has 3 rings (SSSR count). The number of nitrogens with zero attached hydrogens (tertiary/aromatic N) is 4. The van der Waals surface area contributed by atoms with Crippen molar-refractivity contribution in [2.75, 3.05) is 19.7 Å². The number of imidazole rings is 1. The highest BCUT2D eigenvalue weighted by Gasteiger charge is 2.31. The minimum Gasteiger partial charge on any atom is -0.483 e. The van der Waals surface area contributed by atoms with Crippen molar-refractivity contribution in [1.29, 1.82) is 0 Å².